The second-order valence-electron chi connectivity index (χ2n) is 4.61. The zero-order valence-corrected chi connectivity index (χ0v) is 11.9. The van der Waals surface area contributed by atoms with Crippen LogP contribution in [0, 0.1) is 5.82 Å². The van der Waals surface area contributed by atoms with Crippen LogP contribution in [-0.4, -0.2) is 25.0 Å². The monoisotopic (exact) mass is 272 g/mol. The van der Waals surface area contributed by atoms with Crippen molar-refractivity contribution in [3.8, 4) is 0 Å². The molecule has 1 atom stereocenters. The highest BCUT2D eigenvalue weighted by Gasteiger charge is 2.19. The van der Waals surface area contributed by atoms with E-state index in [-0.39, 0.29) is 11.9 Å². The summed E-state index contributed by atoms with van der Waals surface area (Å²) in [7, 11) is 1.98. The molecule has 102 valence electrons. The van der Waals surface area contributed by atoms with Gasteiger partial charge in [-0.05, 0) is 38.2 Å². The van der Waals surface area contributed by atoms with Crippen LogP contribution in [-0.2, 0) is 0 Å². The lowest BCUT2D eigenvalue weighted by molar-refractivity contribution is 0.240. The summed E-state index contributed by atoms with van der Waals surface area (Å²) in [5.74, 6) is -0.239. The summed E-state index contributed by atoms with van der Waals surface area (Å²) in [6.45, 7) is 3.47. The van der Waals surface area contributed by atoms with Gasteiger partial charge in [0.1, 0.15) is 5.82 Å². The van der Waals surface area contributed by atoms with Gasteiger partial charge in [-0.2, -0.15) is 0 Å². The van der Waals surface area contributed by atoms with Crippen LogP contribution in [0.15, 0.2) is 18.2 Å². The number of hydrogen-bond acceptors (Lipinski definition) is 2. The molecule has 0 bridgehead atoms. The van der Waals surface area contributed by atoms with Crippen molar-refractivity contribution in [2.45, 2.75) is 32.2 Å². The molecule has 0 saturated carbocycles. The Morgan fingerprint density at radius 1 is 1.39 bits per heavy atom. The zero-order valence-electron chi connectivity index (χ0n) is 11.1. The molecule has 0 radical (unpaired) electrons. The van der Waals surface area contributed by atoms with Gasteiger partial charge < -0.3 is 5.73 Å². The van der Waals surface area contributed by atoms with Crippen molar-refractivity contribution in [3.63, 3.8) is 0 Å². The minimum atomic E-state index is -0.239. The molecule has 4 heteroatoms. The molecule has 0 spiro atoms. The van der Waals surface area contributed by atoms with Gasteiger partial charge in [-0.15, -0.1) is 0 Å². The van der Waals surface area contributed by atoms with Crippen LogP contribution in [0.25, 0.3) is 0 Å². The summed E-state index contributed by atoms with van der Waals surface area (Å²) in [6, 6.07) is 4.52. The fourth-order valence-electron chi connectivity index (χ4n) is 2.08. The molecule has 1 aromatic rings. The molecule has 0 amide bonds. The maximum atomic E-state index is 13.8. The molecule has 0 fully saturated rings. The van der Waals surface area contributed by atoms with Crippen LogP contribution in [0.5, 0.6) is 0 Å². The SMILES string of the molecule is CCCCCN(C)C(CN)c1cc(Cl)ccc1F. The van der Waals surface area contributed by atoms with Gasteiger partial charge in [0.25, 0.3) is 0 Å². The van der Waals surface area contributed by atoms with Crippen molar-refractivity contribution in [2.24, 2.45) is 5.73 Å². The van der Waals surface area contributed by atoms with E-state index >= 15 is 0 Å². The number of benzene rings is 1. The Hall–Kier alpha value is -0.640. The largest absolute Gasteiger partial charge is 0.329 e. The summed E-state index contributed by atoms with van der Waals surface area (Å²) in [5, 5.41) is 0.548. The molecule has 1 rings (SSSR count). The smallest absolute Gasteiger partial charge is 0.128 e. The highest BCUT2D eigenvalue weighted by Crippen LogP contribution is 2.25. The van der Waals surface area contributed by atoms with E-state index in [1.165, 1.54) is 18.9 Å². The summed E-state index contributed by atoms with van der Waals surface area (Å²) in [4.78, 5) is 2.10. The molecule has 0 heterocycles. The Labute approximate surface area is 114 Å². The molecule has 1 unspecified atom stereocenters. The standard InChI is InChI=1S/C14H22ClFN2/c1-3-4-5-8-18(2)14(10-17)12-9-11(15)6-7-13(12)16/h6-7,9,14H,3-5,8,10,17H2,1-2H3. The fraction of sp³-hybridized carbons (Fsp3) is 0.571. The summed E-state index contributed by atoms with van der Waals surface area (Å²) in [5.41, 5.74) is 6.36. The summed E-state index contributed by atoms with van der Waals surface area (Å²) in [6.07, 6.45) is 3.46. The second-order valence-corrected chi connectivity index (χ2v) is 5.04. The quantitative estimate of drug-likeness (QED) is 0.769. The molecule has 1 aromatic carbocycles. The van der Waals surface area contributed by atoms with Gasteiger partial charge in [0.2, 0.25) is 0 Å². The molecular formula is C14H22ClFN2. The van der Waals surface area contributed by atoms with E-state index in [1.807, 2.05) is 7.05 Å². The summed E-state index contributed by atoms with van der Waals surface area (Å²) >= 11 is 5.92. The predicted molar refractivity (Wildman–Crippen MR) is 75.4 cm³/mol. The van der Waals surface area contributed by atoms with Crippen molar-refractivity contribution in [1.82, 2.24) is 4.90 Å². The number of unbranched alkanes of at least 4 members (excludes halogenated alkanes) is 2. The van der Waals surface area contributed by atoms with E-state index < -0.39 is 0 Å². The Morgan fingerprint density at radius 2 is 2.11 bits per heavy atom. The number of nitrogens with zero attached hydrogens (tertiary/aromatic N) is 1. The highest BCUT2D eigenvalue weighted by atomic mass is 35.5. The first-order valence-corrected chi connectivity index (χ1v) is 6.83. The Kier molecular flexibility index (Phi) is 6.61. The van der Waals surface area contributed by atoms with Gasteiger partial charge in [0, 0.05) is 23.2 Å². The lowest BCUT2D eigenvalue weighted by Crippen LogP contribution is -2.32. The van der Waals surface area contributed by atoms with E-state index in [2.05, 4.69) is 11.8 Å². The van der Waals surface area contributed by atoms with E-state index in [0.29, 0.717) is 17.1 Å². The predicted octanol–water partition coefficient (Wildman–Crippen LogP) is 3.60. The maximum Gasteiger partial charge on any atom is 0.128 e. The minimum absolute atomic E-state index is 0.111. The molecular weight excluding hydrogens is 251 g/mol. The van der Waals surface area contributed by atoms with E-state index in [0.717, 1.165) is 13.0 Å². The molecule has 0 aliphatic carbocycles. The normalized spacial score (nSPS) is 13.0. The van der Waals surface area contributed by atoms with Crippen molar-refractivity contribution in [1.29, 1.82) is 0 Å². The lowest BCUT2D eigenvalue weighted by atomic mass is 10.0. The number of rotatable bonds is 7. The first-order valence-electron chi connectivity index (χ1n) is 6.45. The number of halogens is 2. The minimum Gasteiger partial charge on any atom is -0.329 e. The van der Waals surface area contributed by atoms with Crippen LogP contribution < -0.4 is 5.73 Å². The first-order chi connectivity index (χ1) is 8.60. The van der Waals surface area contributed by atoms with E-state index in [9.17, 15) is 4.39 Å². The number of hydrogen-bond donors (Lipinski definition) is 1. The molecule has 0 aliphatic rings. The first kappa shape index (κ1) is 15.4. The topological polar surface area (TPSA) is 29.3 Å². The average Bonchev–Trinajstić information content (AvgIpc) is 2.35. The van der Waals surface area contributed by atoms with Gasteiger partial charge in [-0.25, -0.2) is 4.39 Å². The summed E-state index contributed by atoms with van der Waals surface area (Å²) < 4.78 is 13.8. The third kappa shape index (κ3) is 4.23. The van der Waals surface area contributed by atoms with Crippen LogP contribution in [0.1, 0.15) is 37.8 Å². The number of likely N-dealkylation sites (N-methyl/N-ethyl adjacent to an activating group) is 1. The third-order valence-corrected chi connectivity index (χ3v) is 3.42. The fourth-order valence-corrected chi connectivity index (χ4v) is 2.26. The molecule has 0 aliphatic heterocycles. The number of nitrogens with two attached hydrogens (primary N) is 1. The third-order valence-electron chi connectivity index (χ3n) is 3.19. The van der Waals surface area contributed by atoms with Crippen LogP contribution >= 0.6 is 11.6 Å². The van der Waals surface area contributed by atoms with Crippen molar-refractivity contribution in [2.75, 3.05) is 20.1 Å². The Morgan fingerprint density at radius 3 is 2.72 bits per heavy atom. The van der Waals surface area contributed by atoms with Gasteiger partial charge in [0.05, 0.1) is 0 Å². The highest BCUT2D eigenvalue weighted by molar-refractivity contribution is 6.30. The molecule has 0 aromatic heterocycles. The van der Waals surface area contributed by atoms with Crippen LogP contribution in [0.3, 0.4) is 0 Å². The van der Waals surface area contributed by atoms with Crippen molar-refractivity contribution < 1.29 is 4.39 Å². The van der Waals surface area contributed by atoms with Crippen LogP contribution in [0.4, 0.5) is 4.39 Å². The van der Waals surface area contributed by atoms with Gasteiger partial charge in [0.15, 0.2) is 0 Å². The Balaban J connectivity index is 2.78. The van der Waals surface area contributed by atoms with Gasteiger partial charge in [-0.1, -0.05) is 31.4 Å². The average molecular weight is 273 g/mol. The van der Waals surface area contributed by atoms with Gasteiger partial charge in [-0.3, -0.25) is 4.90 Å². The Bertz CT molecular complexity index is 371. The van der Waals surface area contributed by atoms with Crippen molar-refractivity contribution >= 4 is 11.6 Å². The molecule has 2 nitrogen and oxygen atoms in total. The van der Waals surface area contributed by atoms with Crippen molar-refractivity contribution in [3.05, 3.63) is 34.6 Å². The molecule has 18 heavy (non-hydrogen) atoms. The molecule has 0 saturated heterocycles. The van der Waals surface area contributed by atoms with E-state index in [1.54, 1.807) is 12.1 Å². The zero-order chi connectivity index (χ0) is 13.5. The maximum absolute atomic E-state index is 13.8. The van der Waals surface area contributed by atoms with Gasteiger partial charge >= 0.3 is 0 Å². The second kappa shape index (κ2) is 7.72. The van der Waals surface area contributed by atoms with Crippen LogP contribution in [0.2, 0.25) is 5.02 Å². The lowest BCUT2D eigenvalue weighted by Gasteiger charge is -2.27. The van der Waals surface area contributed by atoms with E-state index in [4.69, 9.17) is 17.3 Å². The molecule has 2 N–H and O–H groups in total.